The summed E-state index contributed by atoms with van der Waals surface area (Å²) in [5.74, 6) is 1.54. The van der Waals surface area contributed by atoms with Crippen molar-refractivity contribution in [2.45, 2.75) is 18.9 Å². The van der Waals surface area contributed by atoms with E-state index in [1.807, 2.05) is 0 Å². The van der Waals surface area contributed by atoms with E-state index in [0.29, 0.717) is 17.7 Å². The van der Waals surface area contributed by atoms with Crippen LogP contribution in [-0.4, -0.2) is 11.1 Å². The maximum atomic E-state index is 5.49. The Kier molecular flexibility index (Phi) is 1.53. The lowest BCUT2D eigenvalue weighted by molar-refractivity contribution is 0.303. The molecular weight excluding hydrogens is 154 g/mol. The van der Waals surface area contributed by atoms with Crippen LogP contribution < -0.4 is 16.2 Å². The number of ether oxygens (including phenoxy) is 1. The van der Waals surface area contributed by atoms with Crippen LogP contribution in [0.3, 0.4) is 0 Å². The van der Waals surface area contributed by atoms with E-state index < -0.39 is 0 Å². The van der Waals surface area contributed by atoms with E-state index in [4.69, 9.17) is 16.2 Å². The van der Waals surface area contributed by atoms with Crippen molar-refractivity contribution in [2.75, 3.05) is 11.5 Å². The Morgan fingerprint density at radius 1 is 1.25 bits per heavy atom. The van der Waals surface area contributed by atoms with Gasteiger partial charge in [0.1, 0.15) is 17.4 Å². The molecular formula is C8H11N3O. The molecule has 4 nitrogen and oxygen atoms in total. The summed E-state index contributed by atoms with van der Waals surface area (Å²) in [6.07, 6.45) is 2.62. The second-order valence-corrected chi connectivity index (χ2v) is 2.97. The maximum Gasteiger partial charge on any atom is 0.129 e. The van der Waals surface area contributed by atoms with Gasteiger partial charge in [-0.3, -0.25) is 0 Å². The van der Waals surface area contributed by atoms with E-state index in [9.17, 15) is 0 Å². The normalized spacial score (nSPS) is 16.0. The molecule has 1 aliphatic rings. The van der Waals surface area contributed by atoms with Gasteiger partial charge in [0.2, 0.25) is 0 Å². The smallest absolute Gasteiger partial charge is 0.129 e. The van der Waals surface area contributed by atoms with Gasteiger partial charge in [-0.05, 0) is 12.8 Å². The standard InChI is InChI=1S/C8H11N3O/c9-7-3-6(4-8(10)11-7)12-5-1-2-5/h3-5H,1-2H2,(H4,9,10,11). The van der Waals surface area contributed by atoms with Crippen molar-refractivity contribution in [2.24, 2.45) is 0 Å². The molecule has 12 heavy (non-hydrogen) atoms. The van der Waals surface area contributed by atoms with E-state index in [1.165, 1.54) is 0 Å². The van der Waals surface area contributed by atoms with Gasteiger partial charge in [-0.25, -0.2) is 4.98 Å². The van der Waals surface area contributed by atoms with Crippen LogP contribution in [0.1, 0.15) is 12.8 Å². The summed E-state index contributed by atoms with van der Waals surface area (Å²) < 4.78 is 5.49. The Balaban J connectivity index is 2.18. The number of pyridine rings is 1. The molecule has 1 aromatic rings. The summed E-state index contributed by atoms with van der Waals surface area (Å²) in [6.45, 7) is 0. The van der Waals surface area contributed by atoms with Gasteiger partial charge < -0.3 is 16.2 Å². The molecule has 4 N–H and O–H groups in total. The van der Waals surface area contributed by atoms with Gasteiger partial charge in [-0.2, -0.15) is 0 Å². The van der Waals surface area contributed by atoms with Crippen LogP contribution in [0.2, 0.25) is 0 Å². The first kappa shape index (κ1) is 7.21. The number of aromatic nitrogens is 1. The summed E-state index contributed by atoms with van der Waals surface area (Å²) in [5, 5.41) is 0. The SMILES string of the molecule is Nc1cc(OC2CC2)cc(N)n1. The van der Waals surface area contributed by atoms with Crippen LogP contribution in [0.15, 0.2) is 12.1 Å². The minimum Gasteiger partial charge on any atom is -0.490 e. The fraction of sp³-hybridized carbons (Fsp3) is 0.375. The van der Waals surface area contributed by atoms with Crippen LogP contribution in [-0.2, 0) is 0 Å². The fourth-order valence-corrected chi connectivity index (χ4v) is 0.993. The summed E-state index contributed by atoms with van der Waals surface area (Å²) in [7, 11) is 0. The van der Waals surface area contributed by atoms with Gasteiger partial charge in [0.05, 0.1) is 6.10 Å². The number of anilines is 2. The Labute approximate surface area is 70.5 Å². The monoisotopic (exact) mass is 165 g/mol. The molecule has 0 bridgehead atoms. The number of nitrogens with zero attached hydrogens (tertiary/aromatic N) is 1. The lowest BCUT2D eigenvalue weighted by atomic mass is 10.4. The highest BCUT2D eigenvalue weighted by molar-refractivity contribution is 5.46. The predicted molar refractivity (Wildman–Crippen MR) is 46.7 cm³/mol. The number of hydrogen-bond acceptors (Lipinski definition) is 4. The van der Waals surface area contributed by atoms with Gasteiger partial charge in [0.15, 0.2) is 0 Å². The molecule has 0 radical (unpaired) electrons. The third-order valence-corrected chi connectivity index (χ3v) is 1.67. The minimum absolute atomic E-state index is 0.367. The van der Waals surface area contributed by atoms with E-state index in [-0.39, 0.29) is 0 Å². The Bertz CT molecular complexity index is 276. The van der Waals surface area contributed by atoms with Crippen molar-refractivity contribution in [1.82, 2.24) is 4.98 Å². The fourth-order valence-electron chi connectivity index (χ4n) is 0.993. The summed E-state index contributed by atoms with van der Waals surface area (Å²) >= 11 is 0. The Hall–Kier alpha value is -1.45. The van der Waals surface area contributed by atoms with Gasteiger partial charge in [-0.15, -0.1) is 0 Å². The number of hydrogen-bond donors (Lipinski definition) is 2. The molecule has 0 aliphatic heterocycles. The lowest BCUT2D eigenvalue weighted by Gasteiger charge is -2.04. The molecule has 1 aliphatic carbocycles. The number of nitrogens with two attached hydrogens (primary N) is 2. The summed E-state index contributed by atoms with van der Waals surface area (Å²) in [6, 6.07) is 3.38. The quantitative estimate of drug-likeness (QED) is 0.679. The van der Waals surface area contributed by atoms with Crippen molar-refractivity contribution < 1.29 is 4.74 Å². The highest BCUT2D eigenvalue weighted by Crippen LogP contribution is 2.28. The van der Waals surface area contributed by atoms with Crippen LogP contribution in [0.4, 0.5) is 11.6 Å². The zero-order chi connectivity index (χ0) is 8.55. The predicted octanol–water partition coefficient (Wildman–Crippen LogP) is 0.787. The molecule has 1 saturated carbocycles. The zero-order valence-corrected chi connectivity index (χ0v) is 6.66. The molecule has 0 amide bonds. The van der Waals surface area contributed by atoms with Crippen molar-refractivity contribution in [3.63, 3.8) is 0 Å². The highest BCUT2D eigenvalue weighted by atomic mass is 16.5. The number of nitrogen functional groups attached to an aromatic ring is 2. The molecule has 64 valence electrons. The average Bonchev–Trinajstić information content (AvgIpc) is 2.68. The van der Waals surface area contributed by atoms with Crippen LogP contribution in [0, 0.1) is 0 Å². The van der Waals surface area contributed by atoms with Gasteiger partial charge >= 0.3 is 0 Å². The second kappa shape index (κ2) is 2.55. The molecule has 2 rings (SSSR count). The Morgan fingerprint density at radius 2 is 1.83 bits per heavy atom. The van der Waals surface area contributed by atoms with Crippen LogP contribution in [0.25, 0.3) is 0 Å². The third kappa shape index (κ3) is 1.58. The largest absolute Gasteiger partial charge is 0.490 e. The molecule has 0 atom stereocenters. The first-order chi connectivity index (χ1) is 5.74. The molecule has 1 aromatic heterocycles. The Morgan fingerprint density at radius 3 is 2.33 bits per heavy atom. The molecule has 4 heteroatoms. The second-order valence-electron chi connectivity index (χ2n) is 2.97. The molecule has 0 unspecified atom stereocenters. The number of rotatable bonds is 2. The van der Waals surface area contributed by atoms with Crippen LogP contribution in [0.5, 0.6) is 5.75 Å². The maximum absolute atomic E-state index is 5.49. The van der Waals surface area contributed by atoms with E-state index in [2.05, 4.69) is 4.98 Å². The van der Waals surface area contributed by atoms with Gasteiger partial charge in [0.25, 0.3) is 0 Å². The van der Waals surface area contributed by atoms with Crippen molar-refractivity contribution >= 4 is 11.6 Å². The summed E-state index contributed by atoms with van der Waals surface area (Å²) in [4.78, 5) is 3.84. The van der Waals surface area contributed by atoms with E-state index in [1.54, 1.807) is 12.1 Å². The van der Waals surface area contributed by atoms with E-state index in [0.717, 1.165) is 18.6 Å². The molecule has 1 heterocycles. The molecule has 0 spiro atoms. The van der Waals surface area contributed by atoms with Crippen LogP contribution >= 0.6 is 0 Å². The third-order valence-electron chi connectivity index (χ3n) is 1.67. The van der Waals surface area contributed by atoms with Gasteiger partial charge in [-0.1, -0.05) is 0 Å². The average molecular weight is 165 g/mol. The van der Waals surface area contributed by atoms with Crippen molar-refractivity contribution in [3.8, 4) is 5.75 Å². The lowest BCUT2D eigenvalue weighted by Crippen LogP contribution is -2.00. The highest BCUT2D eigenvalue weighted by Gasteiger charge is 2.23. The van der Waals surface area contributed by atoms with Crippen molar-refractivity contribution in [1.29, 1.82) is 0 Å². The molecule has 1 fully saturated rings. The first-order valence-corrected chi connectivity index (χ1v) is 3.94. The van der Waals surface area contributed by atoms with E-state index >= 15 is 0 Å². The summed E-state index contributed by atoms with van der Waals surface area (Å²) in [5.41, 5.74) is 11.0. The van der Waals surface area contributed by atoms with Gasteiger partial charge in [0, 0.05) is 12.1 Å². The first-order valence-electron chi connectivity index (χ1n) is 3.94. The molecule has 0 aromatic carbocycles. The molecule has 0 saturated heterocycles. The minimum atomic E-state index is 0.367. The topological polar surface area (TPSA) is 74.2 Å². The van der Waals surface area contributed by atoms with Crippen molar-refractivity contribution in [3.05, 3.63) is 12.1 Å². The zero-order valence-electron chi connectivity index (χ0n) is 6.66.